The van der Waals surface area contributed by atoms with E-state index >= 15 is 0 Å². The highest BCUT2D eigenvalue weighted by atomic mass is 35.5. The first-order valence-corrected chi connectivity index (χ1v) is 5.27. The van der Waals surface area contributed by atoms with Gasteiger partial charge in [0.05, 0.1) is 0 Å². The first-order valence-electron chi connectivity index (χ1n) is 5.27. The molecule has 0 spiro atoms. The monoisotopic (exact) mass is 219 g/mol. The van der Waals surface area contributed by atoms with E-state index in [1.165, 1.54) is 41.4 Å². The second-order valence-corrected chi connectivity index (χ2v) is 4.11. The van der Waals surface area contributed by atoms with E-state index in [1.54, 1.807) is 0 Å². The molecule has 1 aromatic heterocycles. The molecule has 0 fully saturated rings. The molecule has 0 unspecified atom stereocenters. The molecule has 1 aliphatic heterocycles. The topological polar surface area (TPSA) is 3.88 Å². The van der Waals surface area contributed by atoms with Gasteiger partial charge in [-0.15, -0.1) is 0 Å². The summed E-state index contributed by atoms with van der Waals surface area (Å²) in [6.07, 6.45) is 4.74. The molecule has 0 N–H and O–H groups in total. The molecule has 2 aromatic rings. The summed E-state index contributed by atoms with van der Waals surface area (Å²) >= 11 is 0. The summed E-state index contributed by atoms with van der Waals surface area (Å²) in [5.41, 5.74) is 4.36. The number of nitrogens with zero attached hydrogens (tertiary/aromatic N) is 1. The molecule has 0 amide bonds. The highest BCUT2D eigenvalue weighted by Gasteiger charge is 2.18. The zero-order valence-corrected chi connectivity index (χ0v) is 9.59. The van der Waals surface area contributed by atoms with Crippen LogP contribution < -0.4 is 17.0 Å². The van der Waals surface area contributed by atoms with Gasteiger partial charge in [0.1, 0.15) is 6.54 Å². The molecule has 0 aliphatic carbocycles. The Morgan fingerprint density at radius 1 is 1.20 bits per heavy atom. The molecule has 1 aliphatic rings. The van der Waals surface area contributed by atoms with E-state index in [4.69, 9.17) is 0 Å². The predicted molar refractivity (Wildman–Crippen MR) is 57.2 cm³/mol. The number of hydrogen-bond acceptors (Lipinski definition) is 0. The van der Waals surface area contributed by atoms with Crippen LogP contribution in [-0.2, 0) is 13.0 Å². The third kappa shape index (κ3) is 1.51. The first kappa shape index (κ1) is 10.4. The van der Waals surface area contributed by atoms with Crippen molar-refractivity contribution >= 4 is 10.9 Å². The number of rotatable bonds is 0. The number of benzene rings is 1. The number of pyridine rings is 1. The number of halogens is 1. The Labute approximate surface area is 96.1 Å². The minimum Gasteiger partial charge on any atom is -1.00 e. The standard InChI is InChI=1S/C13H14N.ClH/c1-10-7-9-14-8-3-5-11-4-2-6-12(10)13(11)14;/h2,4,6-7,9H,3,5,8H2,1H3;1H/q+1;/p-1. The smallest absolute Gasteiger partial charge is 0.215 e. The van der Waals surface area contributed by atoms with Crippen LogP contribution in [0.15, 0.2) is 30.5 Å². The highest BCUT2D eigenvalue weighted by molar-refractivity contribution is 5.82. The van der Waals surface area contributed by atoms with Gasteiger partial charge in [0.15, 0.2) is 6.20 Å². The van der Waals surface area contributed by atoms with Crippen molar-refractivity contribution in [1.29, 1.82) is 0 Å². The van der Waals surface area contributed by atoms with Crippen LogP contribution in [0.5, 0.6) is 0 Å². The fourth-order valence-corrected chi connectivity index (χ4v) is 2.44. The molecule has 0 saturated carbocycles. The van der Waals surface area contributed by atoms with Crippen LogP contribution >= 0.6 is 0 Å². The average molecular weight is 220 g/mol. The van der Waals surface area contributed by atoms with Crippen LogP contribution in [0.25, 0.3) is 10.9 Å². The maximum absolute atomic E-state index is 2.39. The van der Waals surface area contributed by atoms with Gasteiger partial charge in [-0.2, -0.15) is 4.57 Å². The number of aryl methyl sites for hydroxylation is 3. The zero-order valence-electron chi connectivity index (χ0n) is 8.83. The largest absolute Gasteiger partial charge is 1.00 e. The molecule has 0 atom stereocenters. The van der Waals surface area contributed by atoms with E-state index in [-0.39, 0.29) is 12.4 Å². The molecule has 78 valence electrons. The van der Waals surface area contributed by atoms with Gasteiger partial charge in [0.2, 0.25) is 5.52 Å². The lowest BCUT2D eigenvalue weighted by molar-refractivity contribution is -0.674. The minimum atomic E-state index is 0. The SMILES string of the molecule is Cc1cc[n+]2c3c(cccc13)CCC2.[Cl-]. The number of para-hydroxylation sites is 1. The third-order valence-electron chi connectivity index (χ3n) is 3.18. The van der Waals surface area contributed by atoms with Crippen molar-refractivity contribution in [3.63, 3.8) is 0 Å². The molecule has 0 saturated heterocycles. The lowest BCUT2D eigenvalue weighted by Crippen LogP contribution is -3.00. The second-order valence-electron chi connectivity index (χ2n) is 4.11. The van der Waals surface area contributed by atoms with E-state index in [9.17, 15) is 0 Å². The van der Waals surface area contributed by atoms with Gasteiger partial charge in [0.25, 0.3) is 0 Å². The van der Waals surface area contributed by atoms with E-state index < -0.39 is 0 Å². The lowest BCUT2D eigenvalue weighted by Gasteiger charge is -2.12. The summed E-state index contributed by atoms with van der Waals surface area (Å²) < 4.78 is 2.39. The quantitative estimate of drug-likeness (QED) is 0.521. The summed E-state index contributed by atoms with van der Waals surface area (Å²) in [4.78, 5) is 0. The summed E-state index contributed by atoms with van der Waals surface area (Å²) in [5.74, 6) is 0. The molecule has 1 nitrogen and oxygen atoms in total. The molecule has 2 heterocycles. The predicted octanol–water partition coefficient (Wildman–Crippen LogP) is -0.614. The van der Waals surface area contributed by atoms with Crippen molar-refractivity contribution in [3.8, 4) is 0 Å². The number of hydrogen-bond donors (Lipinski definition) is 0. The Morgan fingerprint density at radius 2 is 2.07 bits per heavy atom. The molecular formula is C13H14ClN. The lowest BCUT2D eigenvalue weighted by atomic mass is 9.99. The summed E-state index contributed by atoms with van der Waals surface area (Å²) in [6.45, 7) is 3.37. The highest BCUT2D eigenvalue weighted by Crippen LogP contribution is 2.22. The van der Waals surface area contributed by atoms with Crippen molar-refractivity contribution in [2.75, 3.05) is 0 Å². The van der Waals surface area contributed by atoms with Crippen LogP contribution in [0.4, 0.5) is 0 Å². The van der Waals surface area contributed by atoms with Crippen molar-refractivity contribution < 1.29 is 17.0 Å². The van der Waals surface area contributed by atoms with Crippen molar-refractivity contribution in [2.45, 2.75) is 26.3 Å². The molecule has 3 rings (SSSR count). The van der Waals surface area contributed by atoms with Crippen LogP contribution in [0.1, 0.15) is 17.5 Å². The number of aromatic nitrogens is 1. The maximum Gasteiger partial charge on any atom is 0.215 e. The van der Waals surface area contributed by atoms with Gasteiger partial charge >= 0.3 is 0 Å². The Morgan fingerprint density at radius 3 is 2.93 bits per heavy atom. The molecule has 0 radical (unpaired) electrons. The van der Waals surface area contributed by atoms with Crippen LogP contribution in [-0.4, -0.2) is 0 Å². The van der Waals surface area contributed by atoms with Gasteiger partial charge in [0, 0.05) is 23.4 Å². The summed E-state index contributed by atoms with van der Waals surface area (Å²) in [5, 5.41) is 1.42. The summed E-state index contributed by atoms with van der Waals surface area (Å²) in [7, 11) is 0. The first-order chi connectivity index (χ1) is 6.86. The van der Waals surface area contributed by atoms with Crippen molar-refractivity contribution in [3.05, 3.63) is 41.6 Å². The van der Waals surface area contributed by atoms with Gasteiger partial charge in [-0.25, -0.2) is 0 Å². The van der Waals surface area contributed by atoms with Gasteiger partial charge in [-0.05, 0) is 25.0 Å². The van der Waals surface area contributed by atoms with Gasteiger partial charge in [-0.3, -0.25) is 0 Å². The van der Waals surface area contributed by atoms with Crippen LogP contribution in [0, 0.1) is 6.92 Å². The molecule has 0 bridgehead atoms. The fourth-order valence-electron chi connectivity index (χ4n) is 2.44. The van der Waals surface area contributed by atoms with Gasteiger partial charge < -0.3 is 12.4 Å². The fraction of sp³-hybridized carbons (Fsp3) is 0.308. The average Bonchev–Trinajstić information content (AvgIpc) is 2.24. The Bertz CT molecular complexity index is 495. The maximum atomic E-state index is 2.39. The third-order valence-corrected chi connectivity index (χ3v) is 3.18. The zero-order chi connectivity index (χ0) is 9.54. The van der Waals surface area contributed by atoms with Crippen LogP contribution in [0.2, 0.25) is 0 Å². The Kier molecular flexibility index (Phi) is 2.66. The molecule has 15 heavy (non-hydrogen) atoms. The van der Waals surface area contributed by atoms with E-state index in [0.717, 1.165) is 0 Å². The summed E-state index contributed by atoms with van der Waals surface area (Å²) in [6, 6.07) is 8.89. The normalized spacial score (nSPS) is 13.7. The van der Waals surface area contributed by atoms with Gasteiger partial charge in [-0.1, -0.05) is 12.1 Å². The van der Waals surface area contributed by atoms with E-state index in [1.807, 2.05) is 0 Å². The van der Waals surface area contributed by atoms with E-state index in [2.05, 4.69) is 42.0 Å². The molecule has 1 aromatic carbocycles. The second kappa shape index (κ2) is 3.82. The van der Waals surface area contributed by atoms with Crippen molar-refractivity contribution in [2.24, 2.45) is 0 Å². The Balaban J connectivity index is 0.000000853. The Hall–Kier alpha value is -1.08. The van der Waals surface area contributed by atoms with Crippen molar-refractivity contribution in [1.82, 2.24) is 0 Å². The van der Waals surface area contributed by atoms with E-state index in [0.29, 0.717) is 0 Å². The molecule has 2 heteroatoms. The van der Waals surface area contributed by atoms with Crippen LogP contribution in [0.3, 0.4) is 0 Å². The minimum absolute atomic E-state index is 0. The molecular weight excluding hydrogens is 206 g/mol.